The van der Waals surface area contributed by atoms with E-state index in [1.807, 2.05) is 67.6 Å². The number of hydrogen-bond donors (Lipinski definition) is 1. The van der Waals surface area contributed by atoms with Crippen LogP contribution in [0.25, 0.3) is 11.1 Å². The van der Waals surface area contributed by atoms with Crippen molar-refractivity contribution >= 4 is 17.6 Å². The number of esters is 1. The average molecular weight is 580 g/mol. The lowest BCUT2D eigenvalue weighted by atomic mass is 9.73. The van der Waals surface area contributed by atoms with Gasteiger partial charge >= 0.3 is 12.1 Å². The van der Waals surface area contributed by atoms with Crippen molar-refractivity contribution < 1.29 is 27.5 Å². The molecule has 3 aromatic rings. The molecular formula is C33H36F3N3O3. The lowest BCUT2D eigenvalue weighted by Gasteiger charge is -2.38. The zero-order chi connectivity index (χ0) is 29.9. The van der Waals surface area contributed by atoms with Gasteiger partial charge in [-0.3, -0.25) is 9.69 Å². The Kier molecular flexibility index (Phi) is 8.59. The molecule has 222 valence electrons. The highest BCUT2D eigenvalue weighted by atomic mass is 19.4. The van der Waals surface area contributed by atoms with Crippen molar-refractivity contribution in [3.63, 3.8) is 0 Å². The summed E-state index contributed by atoms with van der Waals surface area (Å²) >= 11 is 0. The fourth-order valence-electron chi connectivity index (χ4n) is 6.46. The number of alkyl halides is 3. The predicted octanol–water partition coefficient (Wildman–Crippen LogP) is 5.72. The van der Waals surface area contributed by atoms with Crippen LogP contribution < -0.4 is 10.2 Å². The van der Waals surface area contributed by atoms with Crippen LogP contribution in [0.2, 0.25) is 0 Å². The van der Waals surface area contributed by atoms with E-state index in [-0.39, 0.29) is 5.97 Å². The molecule has 0 saturated carbocycles. The maximum atomic E-state index is 13.7. The SMILES string of the molecule is CCOC(=O)c1cccc(N2CCN(CCCC3(C(=O)NCC(F)(F)F)c4ccccc4-c4ccccc43)CC2)c1C. The molecule has 1 amide bonds. The Hall–Kier alpha value is -3.85. The van der Waals surface area contributed by atoms with Gasteiger partial charge in [0.2, 0.25) is 5.91 Å². The van der Waals surface area contributed by atoms with E-state index >= 15 is 0 Å². The highest BCUT2D eigenvalue weighted by molar-refractivity contribution is 6.00. The fraction of sp³-hybridized carbons (Fsp3) is 0.394. The van der Waals surface area contributed by atoms with Crippen LogP contribution in [0.4, 0.5) is 18.9 Å². The number of nitrogens with one attached hydrogen (secondary N) is 1. The van der Waals surface area contributed by atoms with Gasteiger partial charge in [-0.05, 0) is 73.2 Å². The molecule has 0 bridgehead atoms. The number of piperazine rings is 1. The van der Waals surface area contributed by atoms with Crippen LogP contribution in [0.5, 0.6) is 0 Å². The molecular weight excluding hydrogens is 543 g/mol. The molecule has 9 heteroatoms. The molecule has 1 aliphatic carbocycles. The lowest BCUT2D eigenvalue weighted by Crippen LogP contribution is -2.49. The van der Waals surface area contributed by atoms with Gasteiger partial charge in [-0.1, -0.05) is 54.6 Å². The van der Waals surface area contributed by atoms with Crippen LogP contribution in [0.3, 0.4) is 0 Å². The highest BCUT2D eigenvalue weighted by Crippen LogP contribution is 2.51. The summed E-state index contributed by atoms with van der Waals surface area (Å²) in [5, 5.41) is 2.21. The molecule has 0 radical (unpaired) electrons. The van der Waals surface area contributed by atoms with Crippen LogP contribution in [0, 0.1) is 6.92 Å². The van der Waals surface area contributed by atoms with E-state index < -0.39 is 24.0 Å². The largest absolute Gasteiger partial charge is 0.462 e. The summed E-state index contributed by atoms with van der Waals surface area (Å²) in [7, 11) is 0. The monoisotopic (exact) mass is 579 g/mol. The van der Waals surface area contributed by atoms with Gasteiger partial charge in [0, 0.05) is 31.9 Å². The first-order valence-electron chi connectivity index (χ1n) is 14.4. The van der Waals surface area contributed by atoms with Crippen LogP contribution in [-0.2, 0) is 14.9 Å². The summed E-state index contributed by atoms with van der Waals surface area (Å²) in [5.41, 5.74) is 4.59. The molecule has 42 heavy (non-hydrogen) atoms. The zero-order valence-corrected chi connectivity index (χ0v) is 24.0. The normalized spacial score (nSPS) is 16.1. The van der Waals surface area contributed by atoms with Crippen molar-refractivity contribution in [2.75, 3.05) is 50.8 Å². The van der Waals surface area contributed by atoms with E-state index in [0.29, 0.717) is 31.6 Å². The number of amides is 1. The predicted molar refractivity (Wildman–Crippen MR) is 157 cm³/mol. The number of ether oxygens (including phenoxy) is 1. The van der Waals surface area contributed by atoms with Crippen molar-refractivity contribution in [3.8, 4) is 11.1 Å². The summed E-state index contributed by atoms with van der Waals surface area (Å²) in [6.07, 6.45) is -3.46. The molecule has 1 heterocycles. The number of carbonyl (C=O) groups excluding carboxylic acids is 2. The standard InChI is InChI=1S/C33H36F3N3O3/c1-3-42-30(40)24-12-8-15-29(23(24)2)39-20-18-38(19-21-39)17-9-16-32(31(41)37-22-33(34,35)36)27-13-6-4-10-25(27)26-11-5-7-14-28(26)32/h4-8,10-15H,3,9,16-22H2,1-2H3,(H,37,41). The van der Waals surface area contributed by atoms with Gasteiger partial charge < -0.3 is 15.0 Å². The molecule has 2 aliphatic rings. The van der Waals surface area contributed by atoms with E-state index in [4.69, 9.17) is 4.74 Å². The zero-order valence-electron chi connectivity index (χ0n) is 24.0. The number of nitrogens with zero attached hydrogens (tertiary/aromatic N) is 2. The van der Waals surface area contributed by atoms with Crippen molar-refractivity contribution in [1.82, 2.24) is 10.2 Å². The second-order valence-corrected chi connectivity index (χ2v) is 10.9. The van der Waals surface area contributed by atoms with Gasteiger partial charge in [-0.25, -0.2) is 4.79 Å². The Morgan fingerprint density at radius 1 is 0.905 bits per heavy atom. The first kappa shape index (κ1) is 29.6. The third kappa shape index (κ3) is 5.75. The molecule has 1 fully saturated rings. The number of hydrogen-bond acceptors (Lipinski definition) is 5. The maximum Gasteiger partial charge on any atom is 0.405 e. The van der Waals surface area contributed by atoms with E-state index in [2.05, 4.69) is 15.1 Å². The number of halogens is 3. The van der Waals surface area contributed by atoms with Crippen LogP contribution >= 0.6 is 0 Å². The topological polar surface area (TPSA) is 61.9 Å². The summed E-state index contributed by atoms with van der Waals surface area (Å²) in [6, 6.07) is 20.8. The molecule has 0 unspecified atom stereocenters. The summed E-state index contributed by atoms with van der Waals surface area (Å²) in [4.78, 5) is 30.7. The number of benzene rings is 3. The number of rotatable bonds is 9. The van der Waals surface area contributed by atoms with Crippen LogP contribution in [-0.4, -0.2) is 68.8 Å². The number of anilines is 1. The molecule has 3 aromatic carbocycles. The third-order valence-corrected chi connectivity index (χ3v) is 8.44. The maximum absolute atomic E-state index is 13.7. The third-order valence-electron chi connectivity index (χ3n) is 8.44. The Morgan fingerprint density at radius 3 is 2.12 bits per heavy atom. The van der Waals surface area contributed by atoms with Gasteiger partial charge in [0.15, 0.2) is 0 Å². The Balaban J connectivity index is 1.29. The van der Waals surface area contributed by atoms with E-state index in [0.717, 1.165) is 59.7 Å². The molecule has 1 aliphatic heterocycles. The summed E-state index contributed by atoms with van der Waals surface area (Å²) in [5.74, 6) is -0.933. The van der Waals surface area contributed by atoms with E-state index in [1.165, 1.54) is 0 Å². The quantitative estimate of drug-likeness (QED) is 0.329. The Labute approximate surface area is 244 Å². The van der Waals surface area contributed by atoms with Crippen molar-refractivity contribution in [3.05, 3.63) is 89.0 Å². The minimum absolute atomic E-state index is 0.321. The van der Waals surface area contributed by atoms with Gasteiger partial charge in [0.05, 0.1) is 12.2 Å². The average Bonchev–Trinajstić information content (AvgIpc) is 3.27. The second kappa shape index (κ2) is 12.2. The summed E-state index contributed by atoms with van der Waals surface area (Å²) < 4.78 is 44.6. The first-order chi connectivity index (χ1) is 20.2. The van der Waals surface area contributed by atoms with Crippen molar-refractivity contribution in [2.24, 2.45) is 0 Å². The van der Waals surface area contributed by atoms with Gasteiger partial charge in [-0.15, -0.1) is 0 Å². The van der Waals surface area contributed by atoms with E-state index in [1.54, 1.807) is 13.0 Å². The minimum atomic E-state index is -4.50. The number of carbonyl (C=O) groups is 2. The molecule has 1 saturated heterocycles. The highest BCUT2D eigenvalue weighted by Gasteiger charge is 2.49. The van der Waals surface area contributed by atoms with Gasteiger partial charge in [0.1, 0.15) is 12.0 Å². The molecule has 0 atom stereocenters. The van der Waals surface area contributed by atoms with Gasteiger partial charge in [0.25, 0.3) is 0 Å². The van der Waals surface area contributed by atoms with Crippen molar-refractivity contribution in [1.29, 1.82) is 0 Å². The van der Waals surface area contributed by atoms with Crippen LogP contribution in [0.1, 0.15) is 46.8 Å². The molecule has 6 nitrogen and oxygen atoms in total. The smallest absolute Gasteiger partial charge is 0.405 e. The van der Waals surface area contributed by atoms with Crippen LogP contribution in [0.15, 0.2) is 66.7 Å². The van der Waals surface area contributed by atoms with Gasteiger partial charge in [-0.2, -0.15) is 13.2 Å². The molecule has 0 aromatic heterocycles. The lowest BCUT2D eigenvalue weighted by molar-refractivity contribution is -0.141. The fourth-order valence-corrected chi connectivity index (χ4v) is 6.46. The second-order valence-electron chi connectivity index (χ2n) is 10.9. The van der Waals surface area contributed by atoms with E-state index in [9.17, 15) is 22.8 Å². The molecule has 0 spiro atoms. The first-order valence-corrected chi connectivity index (χ1v) is 14.4. The van der Waals surface area contributed by atoms with Crippen molar-refractivity contribution in [2.45, 2.75) is 38.3 Å². The number of fused-ring (bicyclic) bond motifs is 3. The Bertz CT molecular complexity index is 1400. The molecule has 5 rings (SSSR count). The summed E-state index contributed by atoms with van der Waals surface area (Å²) in [6.45, 7) is 6.54. The molecule has 1 N–H and O–H groups in total. The Morgan fingerprint density at radius 2 is 1.52 bits per heavy atom. The minimum Gasteiger partial charge on any atom is -0.462 e.